The molecule has 3 atom stereocenters. The number of amides is 1. The Bertz CT molecular complexity index is 465. The minimum atomic E-state index is 0.238. The third-order valence-corrected chi connectivity index (χ3v) is 5.16. The molecule has 1 aromatic carbocycles. The van der Waals surface area contributed by atoms with Crippen molar-refractivity contribution in [2.45, 2.75) is 57.9 Å². The van der Waals surface area contributed by atoms with Crippen LogP contribution >= 0.6 is 0 Å². The van der Waals surface area contributed by atoms with E-state index in [2.05, 4.69) is 36.5 Å². The SMILES string of the molecule is CCc1ccc(CCC(=O)NC2CC3CCC2C3)cc1. The molecule has 2 nitrogen and oxygen atoms in total. The average molecular weight is 271 g/mol. The molecule has 1 aromatic rings. The van der Waals surface area contributed by atoms with Gasteiger partial charge in [-0.1, -0.05) is 37.6 Å². The van der Waals surface area contributed by atoms with Gasteiger partial charge in [0, 0.05) is 12.5 Å². The van der Waals surface area contributed by atoms with Crippen molar-refractivity contribution < 1.29 is 4.79 Å². The maximum atomic E-state index is 12.1. The summed E-state index contributed by atoms with van der Waals surface area (Å²) >= 11 is 0. The summed E-state index contributed by atoms with van der Waals surface area (Å²) in [7, 11) is 0. The Morgan fingerprint density at radius 2 is 1.90 bits per heavy atom. The molecule has 108 valence electrons. The molecule has 0 aliphatic heterocycles. The van der Waals surface area contributed by atoms with Crippen LogP contribution in [0.3, 0.4) is 0 Å². The third-order valence-electron chi connectivity index (χ3n) is 5.16. The van der Waals surface area contributed by atoms with Crippen LogP contribution in [0.5, 0.6) is 0 Å². The smallest absolute Gasteiger partial charge is 0.220 e. The van der Waals surface area contributed by atoms with Crippen molar-refractivity contribution in [1.82, 2.24) is 5.32 Å². The van der Waals surface area contributed by atoms with Crippen LogP contribution in [-0.4, -0.2) is 11.9 Å². The van der Waals surface area contributed by atoms with Gasteiger partial charge in [-0.15, -0.1) is 0 Å². The second kappa shape index (κ2) is 5.99. The zero-order valence-electron chi connectivity index (χ0n) is 12.4. The fraction of sp³-hybridized carbons (Fsp3) is 0.611. The molecule has 1 N–H and O–H groups in total. The van der Waals surface area contributed by atoms with Gasteiger partial charge in [0.1, 0.15) is 0 Å². The summed E-state index contributed by atoms with van der Waals surface area (Å²) in [4.78, 5) is 12.1. The van der Waals surface area contributed by atoms with Gasteiger partial charge >= 0.3 is 0 Å². The Kier molecular flexibility index (Phi) is 4.09. The first-order valence-corrected chi connectivity index (χ1v) is 8.11. The Morgan fingerprint density at radius 3 is 2.50 bits per heavy atom. The van der Waals surface area contributed by atoms with Crippen molar-refractivity contribution >= 4 is 5.91 Å². The largest absolute Gasteiger partial charge is 0.353 e. The second-order valence-corrected chi connectivity index (χ2v) is 6.52. The van der Waals surface area contributed by atoms with Gasteiger partial charge in [-0.25, -0.2) is 0 Å². The molecule has 20 heavy (non-hydrogen) atoms. The van der Waals surface area contributed by atoms with E-state index >= 15 is 0 Å². The van der Waals surface area contributed by atoms with E-state index in [1.807, 2.05) is 0 Å². The molecule has 3 unspecified atom stereocenters. The molecule has 0 spiro atoms. The molecule has 0 radical (unpaired) electrons. The van der Waals surface area contributed by atoms with Crippen LogP contribution in [0.15, 0.2) is 24.3 Å². The van der Waals surface area contributed by atoms with Crippen LogP contribution in [0.25, 0.3) is 0 Å². The summed E-state index contributed by atoms with van der Waals surface area (Å²) in [5.41, 5.74) is 2.63. The van der Waals surface area contributed by atoms with Crippen molar-refractivity contribution in [2.75, 3.05) is 0 Å². The van der Waals surface area contributed by atoms with Gasteiger partial charge < -0.3 is 5.32 Å². The first-order valence-electron chi connectivity index (χ1n) is 8.11. The molecule has 0 aromatic heterocycles. The zero-order valence-corrected chi connectivity index (χ0v) is 12.4. The lowest BCUT2D eigenvalue weighted by molar-refractivity contribution is -0.122. The molecule has 2 aliphatic rings. The minimum Gasteiger partial charge on any atom is -0.353 e. The van der Waals surface area contributed by atoms with E-state index in [-0.39, 0.29) is 5.91 Å². The van der Waals surface area contributed by atoms with E-state index in [1.54, 1.807) is 0 Å². The molecular formula is C18H25NO. The number of hydrogen-bond acceptors (Lipinski definition) is 1. The lowest BCUT2D eigenvalue weighted by atomic mass is 9.95. The first-order chi connectivity index (χ1) is 9.74. The summed E-state index contributed by atoms with van der Waals surface area (Å²) in [6, 6.07) is 9.13. The zero-order chi connectivity index (χ0) is 13.9. The van der Waals surface area contributed by atoms with Gasteiger partial charge in [-0.2, -0.15) is 0 Å². The second-order valence-electron chi connectivity index (χ2n) is 6.52. The van der Waals surface area contributed by atoms with Crippen LogP contribution in [0, 0.1) is 11.8 Å². The summed E-state index contributed by atoms with van der Waals surface area (Å²) in [6.45, 7) is 2.16. The predicted octanol–water partition coefficient (Wildman–Crippen LogP) is 3.49. The Morgan fingerprint density at radius 1 is 1.15 bits per heavy atom. The van der Waals surface area contributed by atoms with Crippen molar-refractivity contribution in [3.63, 3.8) is 0 Å². The Labute approximate surface area is 122 Å². The fourth-order valence-electron chi connectivity index (χ4n) is 3.90. The molecule has 0 saturated heterocycles. The number of aryl methyl sites for hydroxylation is 2. The standard InChI is InChI=1S/C18H25NO/c1-2-13-3-5-14(6-4-13)8-10-18(20)19-17-12-15-7-9-16(17)11-15/h3-6,15-17H,2,7-12H2,1H3,(H,19,20). The van der Waals surface area contributed by atoms with Gasteiger partial charge in [0.15, 0.2) is 0 Å². The molecule has 2 aliphatic carbocycles. The van der Waals surface area contributed by atoms with Crippen molar-refractivity contribution in [3.8, 4) is 0 Å². The fourth-order valence-corrected chi connectivity index (χ4v) is 3.90. The van der Waals surface area contributed by atoms with Crippen LogP contribution in [-0.2, 0) is 17.6 Å². The number of fused-ring (bicyclic) bond motifs is 2. The van der Waals surface area contributed by atoms with E-state index in [1.165, 1.54) is 36.8 Å². The highest BCUT2D eigenvalue weighted by Crippen LogP contribution is 2.44. The van der Waals surface area contributed by atoms with Crippen molar-refractivity contribution in [2.24, 2.45) is 11.8 Å². The number of hydrogen-bond donors (Lipinski definition) is 1. The molecule has 2 bridgehead atoms. The van der Waals surface area contributed by atoms with Crippen molar-refractivity contribution in [3.05, 3.63) is 35.4 Å². The maximum absolute atomic E-state index is 12.1. The quantitative estimate of drug-likeness (QED) is 0.872. The number of benzene rings is 1. The van der Waals surface area contributed by atoms with Crippen LogP contribution in [0.1, 0.15) is 50.2 Å². The summed E-state index contributed by atoms with van der Waals surface area (Å²) in [5, 5.41) is 3.26. The average Bonchev–Trinajstić information content (AvgIpc) is 3.08. The normalized spacial score (nSPS) is 27.8. The number of carbonyl (C=O) groups excluding carboxylic acids is 1. The Balaban J connectivity index is 1.44. The first kappa shape index (κ1) is 13.7. The highest BCUT2D eigenvalue weighted by Gasteiger charge is 2.39. The maximum Gasteiger partial charge on any atom is 0.220 e. The topological polar surface area (TPSA) is 29.1 Å². The van der Waals surface area contributed by atoms with E-state index in [4.69, 9.17) is 0 Å². The molecule has 3 rings (SSSR count). The summed E-state index contributed by atoms with van der Waals surface area (Å²) < 4.78 is 0. The van der Waals surface area contributed by atoms with Crippen molar-refractivity contribution in [1.29, 1.82) is 0 Å². The number of carbonyl (C=O) groups is 1. The molecule has 1 amide bonds. The highest BCUT2D eigenvalue weighted by atomic mass is 16.1. The molecule has 2 saturated carbocycles. The van der Waals surface area contributed by atoms with Crippen LogP contribution in [0.4, 0.5) is 0 Å². The molecule has 2 fully saturated rings. The molecule has 2 heteroatoms. The van der Waals surface area contributed by atoms with Gasteiger partial charge in [-0.05, 0) is 55.1 Å². The van der Waals surface area contributed by atoms with E-state index in [9.17, 15) is 4.79 Å². The number of rotatable bonds is 5. The van der Waals surface area contributed by atoms with Gasteiger partial charge in [0.05, 0.1) is 0 Å². The lowest BCUT2D eigenvalue weighted by Crippen LogP contribution is -2.38. The monoisotopic (exact) mass is 271 g/mol. The molecule has 0 heterocycles. The summed E-state index contributed by atoms with van der Waals surface area (Å²) in [5.74, 6) is 1.90. The lowest BCUT2D eigenvalue weighted by Gasteiger charge is -2.22. The van der Waals surface area contributed by atoms with E-state index in [0.29, 0.717) is 12.5 Å². The third kappa shape index (κ3) is 3.05. The van der Waals surface area contributed by atoms with Gasteiger partial charge in [0.2, 0.25) is 5.91 Å². The highest BCUT2D eigenvalue weighted by molar-refractivity contribution is 5.76. The Hall–Kier alpha value is -1.31. The predicted molar refractivity (Wildman–Crippen MR) is 81.5 cm³/mol. The molecular weight excluding hydrogens is 246 g/mol. The van der Waals surface area contributed by atoms with Crippen LogP contribution in [0.2, 0.25) is 0 Å². The van der Waals surface area contributed by atoms with Crippen LogP contribution < -0.4 is 5.32 Å². The van der Waals surface area contributed by atoms with Gasteiger partial charge in [0.25, 0.3) is 0 Å². The van der Waals surface area contributed by atoms with E-state index in [0.717, 1.165) is 24.7 Å². The van der Waals surface area contributed by atoms with Gasteiger partial charge in [-0.3, -0.25) is 4.79 Å². The van der Waals surface area contributed by atoms with E-state index < -0.39 is 0 Å². The summed E-state index contributed by atoms with van der Waals surface area (Å²) in [6.07, 6.45) is 7.85. The minimum absolute atomic E-state index is 0.238. The number of nitrogens with one attached hydrogen (secondary N) is 1.